The summed E-state index contributed by atoms with van der Waals surface area (Å²) in [6, 6.07) is 14.5. The number of nitrogens with zero attached hydrogens (tertiary/aromatic N) is 1. The Morgan fingerprint density at radius 1 is 1.17 bits per heavy atom. The number of hydrogen-bond donors (Lipinski definition) is 1. The van der Waals surface area contributed by atoms with Gasteiger partial charge in [0.2, 0.25) is 5.91 Å². The van der Waals surface area contributed by atoms with Crippen LogP contribution < -0.4 is 10.1 Å². The molecule has 1 amide bonds. The van der Waals surface area contributed by atoms with Gasteiger partial charge in [0.15, 0.2) is 5.75 Å². The molecule has 4 nitrogen and oxygen atoms in total. The number of rotatable bonds is 4. The van der Waals surface area contributed by atoms with Gasteiger partial charge in [0.1, 0.15) is 11.3 Å². The van der Waals surface area contributed by atoms with Gasteiger partial charge in [0.05, 0.1) is 5.69 Å². The van der Waals surface area contributed by atoms with Crippen LogP contribution in [0.1, 0.15) is 5.69 Å². The van der Waals surface area contributed by atoms with Crippen molar-refractivity contribution in [3.05, 3.63) is 71.9 Å². The van der Waals surface area contributed by atoms with Crippen molar-refractivity contribution in [2.75, 3.05) is 5.32 Å². The van der Waals surface area contributed by atoms with Gasteiger partial charge in [0.25, 0.3) is 0 Å². The van der Waals surface area contributed by atoms with Crippen LogP contribution >= 0.6 is 11.6 Å². The Bertz CT molecular complexity index is 921. The number of benzene rings is 2. The number of pyridine rings is 1. The normalized spacial score (nSPS) is 10.4. The monoisotopic (exact) mass is 338 g/mol. The smallest absolute Gasteiger partial charge is 0.247 e. The first-order chi connectivity index (χ1) is 11.6. The lowest BCUT2D eigenvalue weighted by Crippen LogP contribution is -2.08. The molecule has 5 heteroatoms. The van der Waals surface area contributed by atoms with Crippen molar-refractivity contribution in [3.63, 3.8) is 0 Å². The maximum absolute atomic E-state index is 11.6. The van der Waals surface area contributed by atoms with Crippen molar-refractivity contribution < 1.29 is 9.53 Å². The van der Waals surface area contributed by atoms with Gasteiger partial charge in [-0.1, -0.05) is 18.2 Å². The number of carbonyl (C=O) groups excluding carboxylic acids is 1. The van der Waals surface area contributed by atoms with Crippen molar-refractivity contribution in [1.82, 2.24) is 4.98 Å². The minimum Gasteiger partial charge on any atom is -0.455 e. The molecule has 3 rings (SSSR count). The van der Waals surface area contributed by atoms with Crippen molar-refractivity contribution >= 4 is 34.1 Å². The predicted molar refractivity (Wildman–Crippen MR) is 96.8 cm³/mol. The highest BCUT2D eigenvalue weighted by molar-refractivity contribution is 6.30. The maximum atomic E-state index is 11.6. The van der Waals surface area contributed by atoms with E-state index in [0.29, 0.717) is 27.7 Å². The highest BCUT2D eigenvalue weighted by Crippen LogP contribution is 2.33. The molecule has 1 N–H and O–H groups in total. The summed E-state index contributed by atoms with van der Waals surface area (Å²) in [6.45, 7) is 5.37. The van der Waals surface area contributed by atoms with E-state index < -0.39 is 0 Å². The molecule has 24 heavy (non-hydrogen) atoms. The summed E-state index contributed by atoms with van der Waals surface area (Å²) in [5, 5.41) is 4.22. The standard InChI is InChI=1S/C19H15ClN2O2/c1-3-18(23)22-16-10-11-17(19-15(16)9-4-12(2)21-19)24-14-7-5-13(20)6-8-14/h3-11H,1H2,2H3,(H,22,23). The Kier molecular flexibility index (Phi) is 4.49. The van der Waals surface area contributed by atoms with E-state index in [2.05, 4.69) is 16.9 Å². The summed E-state index contributed by atoms with van der Waals surface area (Å²) in [5.74, 6) is 0.989. The van der Waals surface area contributed by atoms with Crippen molar-refractivity contribution in [1.29, 1.82) is 0 Å². The minimum atomic E-state index is -0.275. The lowest BCUT2D eigenvalue weighted by molar-refractivity contribution is -0.111. The third-order valence-electron chi connectivity index (χ3n) is 3.44. The molecule has 0 unspecified atom stereocenters. The molecule has 0 saturated carbocycles. The first kappa shape index (κ1) is 16.0. The van der Waals surface area contributed by atoms with Crippen molar-refractivity contribution in [3.8, 4) is 11.5 Å². The Morgan fingerprint density at radius 3 is 2.62 bits per heavy atom. The van der Waals surface area contributed by atoms with E-state index in [1.165, 1.54) is 6.08 Å². The molecule has 0 bridgehead atoms. The molecule has 0 fully saturated rings. The lowest BCUT2D eigenvalue weighted by atomic mass is 10.1. The van der Waals surface area contributed by atoms with Crippen LogP contribution in [0.4, 0.5) is 5.69 Å². The third kappa shape index (κ3) is 3.39. The number of ether oxygens (including phenoxy) is 1. The van der Waals surface area contributed by atoms with Gasteiger partial charge in [-0.25, -0.2) is 4.98 Å². The first-order valence-electron chi connectivity index (χ1n) is 7.34. The molecular weight excluding hydrogens is 324 g/mol. The van der Waals surface area contributed by atoms with Crippen molar-refractivity contribution in [2.45, 2.75) is 6.92 Å². The summed E-state index contributed by atoms with van der Waals surface area (Å²) in [6.07, 6.45) is 1.23. The highest BCUT2D eigenvalue weighted by atomic mass is 35.5. The lowest BCUT2D eigenvalue weighted by Gasteiger charge is -2.12. The largest absolute Gasteiger partial charge is 0.455 e. The predicted octanol–water partition coefficient (Wildman–Crippen LogP) is 5.11. The number of nitrogens with one attached hydrogen (secondary N) is 1. The number of carbonyl (C=O) groups is 1. The van der Waals surface area contributed by atoms with Crippen LogP contribution in [0.15, 0.2) is 61.2 Å². The van der Waals surface area contributed by atoms with Crippen molar-refractivity contribution in [2.24, 2.45) is 0 Å². The summed E-state index contributed by atoms with van der Waals surface area (Å²) in [7, 11) is 0. The first-order valence-corrected chi connectivity index (χ1v) is 7.72. The van der Waals surface area contributed by atoms with E-state index in [-0.39, 0.29) is 5.91 Å². The number of amides is 1. The van der Waals surface area contributed by atoms with E-state index in [1.54, 1.807) is 36.4 Å². The molecule has 2 aromatic carbocycles. The van der Waals surface area contributed by atoms with E-state index >= 15 is 0 Å². The number of aryl methyl sites for hydroxylation is 1. The van der Waals surface area contributed by atoms with Crippen LogP contribution in [0, 0.1) is 6.92 Å². The summed E-state index contributed by atoms with van der Waals surface area (Å²) < 4.78 is 5.93. The molecule has 0 aliphatic heterocycles. The molecule has 0 radical (unpaired) electrons. The van der Waals surface area contributed by atoms with Gasteiger partial charge in [-0.05, 0) is 61.5 Å². The van der Waals surface area contributed by atoms with Crippen LogP contribution in [0.3, 0.4) is 0 Å². The summed E-state index contributed by atoms with van der Waals surface area (Å²) >= 11 is 5.90. The molecule has 0 saturated heterocycles. The Morgan fingerprint density at radius 2 is 1.92 bits per heavy atom. The molecule has 120 valence electrons. The summed E-state index contributed by atoms with van der Waals surface area (Å²) in [4.78, 5) is 16.2. The number of aromatic nitrogens is 1. The number of anilines is 1. The topological polar surface area (TPSA) is 51.2 Å². The zero-order valence-electron chi connectivity index (χ0n) is 13.0. The Balaban J connectivity index is 2.06. The fourth-order valence-electron chi connectivity index (χ4n) is 2.29. The van der Waals surface area contributed by atoms with Crippen LogP contribution in [-0.2, 0) is 4.79 Å². The second-order valence-electron chi connectivity index (χ2n) is 5.21. The van der Waals surface area contributed by atoms with Gasteiger partial charge in [-0.15, -0.1) is 0 Å². The van der Waals surface area contributed by atoms with Gasteiger partial charge >= 0.3 is 0 Å². The van der Waals surface area contributed by atoms with Gasteiger partial charge in [-0.3, -0.25) is 4.79 Å². The number of hydrogen-bond acceptors (Lipinski definition) is 3. The second kappa shape index (κ2) is 6.72. The molecule has 0 aliphatic carbocycles. The quantitative estimate of drug-likeness (QED) is 0.672. The zero-order valence-corrected chi connectivity index (χ0v) is 13.8. The highest BCUT2D eigenvalue weighted by Gasteiger charge is 2.11. The average molecular weight is 339 g/mol. The minimum absolute atomic E-state index is 0.275. The van der Waals surface area contributed by atoms with Crippen LogP contribution in [0.25, 0.3) is 10.9 Å². The van der Waals surface area contributed by atoms with E-state index in [9.17, 15) is 4.79 Å². The van der Waals surface area contributed by atoms with Gasteiger partial charge in [0, 0.05) is 16.1 Å². The molecule has 0 spiro atoms. The molecule has 1 aromatic heterocycles. The molecule has 3 aromatic rings. The maximum Gasteiger partial charge on any atom is 0.247 e. The van der Waals surface area contributed by atoms with E-state index in [4.69, 9.17) is 16.3 Å². The fraction of sp³-hybridized carbons (Fsp3) is 0.0526. The molecule has 0 aliphatic rings. The SMILES string of the molecule is C=CC(=O)Nc1ccc(Oc2ccc(Cl)cc2)c2nc(C)ccc12. The van der Waals surface area contributed by atoms with E-state index in [1.807, 2.05) is 19.1 Å². The van der Waals surface area contributed by atoms with Crippen LogP contribution in [0.2, 0.25) is 5.02 Å². The average Bonchev–Trinajstić information content (AvgIpc) is 2.58. The van der Waals surface area contributed by atoms with E-state index in [0.717, 1.165) is 11.1 Å². The molecule has 0 atom stereocenters. The molecule has 1 heterocycles. The second-order valence-corrected chi connectivity index (χ2v) is 5.65. The summed E-state index contributed by atoms with van der Waals surface area (Å²) in [5.41, 5.74) is 2.19. The number of fused-ring (bicyclic) bond motifs is 1. The third-order valence-corrected chi connectivity index (χ3v) is 3.70. The molecular formula is C19H15ClN2O2. The fourth-order valence-corrected chi connectivity index (χ4v) is 2.42. The van der Waals surface area contributed by atoms with Gasteiger partial charge in [-0.2, -0.15) is 0 Å². The van der Waals surface area contributed by atoms with Gasteiger partial charge < -0.3 is 10.1 Å². The van der Waals surface area contributed by atoms with Crippen LogP contribution in [0.5, 0.6) is 11.5 Å². The zero-order chi connectivity index (χ0) is 17.1. The van der Waals surface area contributed by atoms with Crippen LogP contribution in [-0.4, -0.2) is 10.9 Å². The number of halogens is 1. The Labute approximate surface area is 144 Å². The Hall–Kier alpha value is -2.85.